The van der Waals surface area contributed by atoms with E-state index < -0.39 is 9.84 Å². The molecule has 1 atom stereocenters. The quantitative estimate of drug-likeness (QED) is 0.857. The Bertz CT molecular complexity index is 558. The number of allylic oxidation sites excluding steroid dienone is 1. The molecular formula is C12H15NO2S. The smallest absolute Gasteiger partial charge is 0.200 e. The third-order valence-corrected chi connectivity index (χ3v) is 4.62. The van der Waals surface area contributed by atoms with Crippen molar-refractivity contribution in [3.8, 4) is 0 Å². The van der Waals surface area contributed by atoms with E-state index >= 15 is 0 Å². The molecule has 1 aliphatic rings. The largest absolute Gasteiger partial charge is 0.313 e. The van der Waals surface area contributed by atoms with Gasteiger partial charge in [-0.1, -0.05) is 12.1 Å². The standard InChI is InChI=1S/C12H15NO2S/c1-8-7-16(14,15)12-6-10(9(2)13-3)4-5-11(8)12/h4-7,9,13H,1-3H3. The summed E-state index contributed by atoms with van der Waals surface area (Å²) in [6.07, 6.45) is 0. The minimum atomic E-state index is -3.21. The van der Waals surface area contributed by atoms with E-state index in [-0.39, 0.29) is 6.04 Å². The molecule has 0 aromatic heterocycles. The molecule has 0 saturated carbocycles. The summed E-state index contributed by atoms with van der Waals surface area (Å²) >= 11 is 0. The van der Waals surface area contributed by atoms with Crippen LogP contribution in [0.5, 0.6) is 0 Å². The average Bonchev–Trinajstić information content (AvgIpc) is 2.48. The van der Waals surface area contributed by atoms with Gasteiger partial charge in [-0.05, 0) is 43.7 Å². The number of hydrogen-bond donors (Lipinski definition) is 1. The van der Waals surface area contributed by atoms with E-state index in [0.29, 0.717) is 4.90 Å². The first-order valence-corrected chi connectivity index (χ1v) is 6.75. The summed E-state index contributed by atoms with van der Waals surface area (Å²) in [5.74, 6) is 0. The van der Waals surface area contributed by atoms with Gasteiger partial charge < -0.3 is 5.32 Å². The molecule has 16 heavy (non-hydrogen) atoms. The van der Waals surface area contributed by atoms with E-state index in [1.807, 2.05) is 33.0 Å². The van der Waals surface area contributed by atoms with Gasteiger partial charge in [0, 0.05) is 11.4 Å². The van der Waals surface area contributed by atoms with Crippen LogP contribution >= 0.6 is 0 Å². The summed E-state index contributed by atoms with van der Waals surface area (Å²) in [6, 6.07) is 5.77. The van der Waals surface area contributed by atoms with Crippen LogP contribution < -0.4 is 5.32 Å². The Morgan fingerprint density at radius 2 is 2.00 bits per heavy atom. The van der Waals surface area contributed by atoms with Crippen LogP contribution in [0.15, 0.2) is 28.5 Å². The maximum absolute atomic E-state index is 11.8. The second-order valence-corrected chi connectivity index (χ2v) is 5.88. The Balaban J connectivity index is 2.59. The highest BCUT2D eigenvalue weighted by Gasteiger charge is 2.25. The fourth-order valence-corrected chi connectivity index (χ4v) is 3.45. The SMILES string of the molecule is CNC(C)c1ccc2c(c1)S(=O)(=O)C=C2C. The average molecular weight is 237 g/mol. The van der Waals surface area contributed by atoms with E-state index in [4.69, 9.17) is 0 Å². The van der Waals surface area contributed by atoms with Crippen LogP contribution in [0.2, 0.25) is 0 Å². The van der Waals surface area contributed by atoms with E-state index in [1.165, 1.54) is 5.41 Å². The summed E-state index contributed by atoms with van der Waals surface area (Å²) in [5, 5.41) is 4.44. The van der Waals surface area contributed by atoms with Crippen molar-refractivity contribution in [3.05, 3.63) is 34.7 Å². The van der Waals surface area contributed by atoms with Crippen LogP contribution in [-0.2, 0) is 9.84 Å². The lowest BCUT2D eigenvalue weighted by Gasteiger charge is -2.12. The molecule has 2 rings (SSSR count). The highest BCUT2D eigenvalue weighted by Crippen LogP contribution is 2.34. The Hall–Kier alpha value is -1.13. The van der Waals surface area contributed by atoms with Crippen LogP contribution in [0.4, 0.5) is 0 Å². The molecule has 0 bridgehead atoms. The zero-order valence-corrected chi connectivity index (χ0v) is 10.4. The Morgan fingerprint density at radius 1 is 1.31 bits per heavy atom. The van der Waals surface area contributed by atoms with E-state index in [9.17, 15) is 8.42 Å². The normalized spacial score (nSPS) is 19.1. The van der Waals surface area contributed by atoms with Crippen molar-refractivity contribution in [2.45, 2.75) is 24.8 Å². The molecule has 0 saturated heterocycles. The molecule has 1 aromatic carbocycles. The number of nitrogens with one attached hydrogen (secondary N) is 1. The van der Waals surface area contributed by atoms with Gasteiger partial charge in [0.25, 0.3) is 0 Å². The first kappa shape index (κ1) is 11.4. The summed E-state index contributed by atoms with van der Waals surface area (Å²) in [6.45, 7) is 3.83. The molecule has 0 radical (unpaired) electrons. The van der Waals surface area contributed by atoms with Crippen LogP contribution in [0.25, 0.3) is 5.57 Å². The number of hydrogen-bond acceptors (Lipinski definition) is 3. The highest BCUT2D eigenvalue weighted by molar-refractivity contribution is 7.95. The van der Waals surface area contributed by atoms with Crippen molar-refractivity contribution >= 4 is 15.4 Å². The van der Waals surface area contributed by atoms with Crippen LogP contribution in [-0.4, -0.2) is 15.5 Å². The van der Waals surface area contributed by atoms with Gasteiger partial charge in [0.2, 0.25) is 9.84 Å². The van der Waals surface area contributed by atoms with Gasteiger partial charge in [-0.15, -0.1) is 0 Å². The van der Waals surface area contributed by atoms with Crippen molar-refractivity contribution in [1.29, 1.82) is 0 Å². The van der Waals surface area contributed by atoms with Gasteiger partial charge in [-0.2, -0.15) is 0 Å². The molecule has 1 aliphatic heterocycles. The molecular weight excluding hydrogens is 222 g/mol. The zero-order chi connectivity index (χ0) is 11.9. The molecule has 1 unspecified atom stereocenters. The zero-order valence-electron chi connectivity index (χ0n) is 9.61. The lowest BCUT2D eigenvalue weighted by molar-refractivity contribution is 0.604. The third-order valence-electron chi connectivity index (χ3n) is 3.00. The number of rotatable bonds is 2. The predicted molar refractivity (Wildman–Crippen MR) is 64.8 cm³/mol. The Labute approximate surface area is 96.1 Å². The first-order valence-electron chi connectivity index (χ1n) is 5.20. The van der Waals surface area contributed by atoms with Crippen molar-refractivity contribution in [1.82, 2.24) is 5.32 Å². The molecule has 1 N–H and O–H groups in total. The Morgan fingerprint density at radius 3 is 2.62 bits per heavy atom. The van der Waals surface area contributed by atoms with Gasteiger partial charge in [0.1, 0.15) is 0 Å². The number of fused-ring (bicyclic) bond motifs is 1. The molecule has 0 fully saturated rings. The van der Waals surface area contributed by atoms with Gasteiger partial charge in [-0.25, -0.2) is 8.42 Å². The topological polar surface area (TPSA) is 46.2 Å². The molecule has 0 aliphatic carbocycles. The van der Waals surface area contributed by atoms with Crippen molar-refractivity contribution < 1.29 is 8.42 Å². The van der Waals surface area contributed by atoms with E-state index in [2.05, 4.69) is 5.32 Å². The lowest BCUT2D eigenvalue weighted by Crippen LogP contribution is -2.12. The first-order chi connectivity index (χ1) is 7.45. The van der Waals surface area contributed by atoms with Crippen LogP contribution in [0.3, 0.4) is 0 Å². The minimum Gasteiger partial charge on any atom is -0.313 e. The van der Waals surface area contributed by atoms with Gasteiger partial charge in [-0.3, -0.25) is 0 Å². The maximum atomic E-state index is 11.8. The van der Waals surface area contributed by atoms with E-state index in [1.54, 1.807) is 6.07 Å². The minimum absolute atomic E-state index is 0.154. The monoisotopic (exact) mass is 237 g/mol. The molecule has 1 aromatic rings. The van der Waals surface area contributed by atoms with Crippen molar-refractivity contribution in [3.63, 3.8) is 0 Å². The summed E-state index contributed by atoms with van der Waals surface area (Å²) in [4.78, 5) is 0.435. The molecule has 3 nitrogen and oxygen atoms in total. The Kier molecular flexibility index (Phi) is 2.64. The predicted octanol–water partition coefficient (Wildman–Crippen LogP) is 2.12. The molecule has 1 heterocycles. The molecule has 0 amide bonds. The third kappa shape index (κ3) is 1.68. The second kappa shape index (κ2) is 3.71. The van der Waals surface area contributed by atoms with Crippen molar-refractivity contribution in [2.24, 2.45) is 0 Å². The lowest BCUT2D eigenvalue weighted by atomic mass is 10.0. The summed E-state index contributed by atoms with van der Waals surface area (Å²) < 4.78 is 23.7. The molecule has 4 heteroatoms. The van der Waals surface area contributed by atoms with Crippen LogP contribution in [0, 0.1) is 0 Å². The molecule has 86 valence electrons. The second-order valence-electron chi connectivity index (χ2n) is 4.11. The summed E-state index contributed by atoms with van der Waals surface area (Å²) in [7, 11) is -1.35. The van der Waals surface area contributed by atoms with Gasteiger partial charge in [0.05, 0.1) is 4.90 Å². The fourth-order valence-electron chi connectivity index (χ4n) is 1.90. The molecule has 0 spiro atoms. The highest BCUT2D eigenvalue weighted by atomic mass is 32.2. The number of benzene rings is 1. The fraction of sp³-hybridized carbons (Fsp3) is 0.333. The van der Waals surface area contributed by atoms with E-state index in [0.717, 1.165) is 16.7 Å². The number of sulfone groups is 1. The summed E-state index contributed by atoms with van der Waals surface area (Å²) in [5.41, 5.74) is 2.64. The maximum Gasteiger partial charge on any atom is 0.200 e. The van der Waals surface area contributed by atoms with Crippen molar-refractivity contribution in [2.75, 3.05) is 7.05 Å². The van der Waals surface area contributed by atoms with Gasteiger partial charge in [0.15, 0.2) is 0 Å². The van der Waals surface area contributed by atoms with Gasteiger partial charge >= 0.3 is 0 Å². The van der Waals surface area contributed by atoms with Crippen LogP contribution in [0.1, 0.15) is 31.0 Å².